The first-order valence-corrected chi connectivity index (χ1v) is 7.43. The van der Waals surface area contributed by atoms with E-state index in [4.69, 9.17) is 4.43 Å². The van der Waals surface area contributed by atoms with Crippen LogP contribution in [0.1, 0.15) is 19.8 Å². The summed E-state index contributed by atoms with van der Waals surface area (Å²) in [5.41, 5.74) is 0. The molecular weight excluding hydrogens is 172 g/mol. The topological polar surface area (TPSA) is 43.4 Å². The van der Waals surface area contributed by atoms with Crippen molar-refractivity contribution in [3.05, 3.63) is 0 Å². The molecule has 0 heterocycles. The minimum atomic E-state index is -1.75. The van der Waals surface area contributed by atoms with Crippen LogP contribution in [0.5, 0.6) is 0 Å². The van der Waals surface area contributed by atoms with E-state index in [2.05, 4.69) is 0 Å². The Morgan fingerprint density at radius 2 is 1.67 bits per heavy atom. The molecule has 0 aliphatic rings. The largest absolute Gasteiger partial charge is 0.520 e. The third-order valence-electron chi connectivity index (χ3n) is 1.10. The molecule has 0 amide bonds. The number of ketones is 1. The van der Waals surface area contributed by atoms with Gasteiger partial charge in [-0.15, -0.1) is 0 Å². The molecule has 0 fully saturated rings. The Kier molecular flexibility index (Phi) is 4.16. The summed E-state index contributed by atoms with van der Waals surface area (Å²) >= 11 is 0. The zero-order valence-electron chi connectivity index (χ0n) is 8.14. The first-order chi connectivity index (χ1) is 5.31. The monoisotopic (exact) mass is 188 g/mol. The Bertz CT molecular complexity index is 181. The minimum Gasteiger partial charge on any atom is -0.520 e. The molecule has 0 radical (unpaired) electrons. The van der Waals surface area contributed by atoms with E-state index < -0.39 is 8.32 Å². The van der Waals surface area contributed by atoms with Crippen molar-refractivity contribution >= 4 is 20.1 Å². The molecule has 12 heavy (non-hydrogen) atoms. The Hall–Kier alpha value is -0.643. The fourth-order valence-corrected chi connectivity index (χ4v) is 1.46. The number of carbonyl (C=O) groups is 2. The molecule has 0 aromatic heterocycles. The van der Waals surface area contributed by atoms with E-state index >= 15 is 0 Å². The van der Waals surface area contributed by atoms with Crippen molar-refractivity contribution in [3.8, 4) is 0 Å². The zero-order chi connectivity index (χ0) is 9.78. The van der Waals surface area contributed by atoms with Crippen LogP contribution in [0.25, 0.3) is 0 Å². The van der Waals surface area contributed by atoms with Crippen LogP contribution >= 0.6 is 0 Å². The predicted octanol–water partition coefficient (Wildman–Crippen LogP) is 1.73. The molecule has 4 heteroatoms. The lowest BCUT2D eigenvalue weighted by molar-refractivity contribution is -0.136. The summed E-state index contributed by atoms with van der Waals surface area (Å²) < 4.78 is 5.14. The van der Waals surface area contributed by atoms with Gasteiger partial charge in [-0.05, 0) is 26.6 Å². The number of carbonyl (C=O) groups excluding carboxylic acids is 2. The summed E-state index contributed by atoms with van der Waals surface area (Å²) in [4.78, 5) is 21.5. The highest BCUT2D eigenvalue weighted by Gasteiger charge is 2.19. The third-order valence-corrected chi connectivity index (χ3v) is 1.94. The van der Waals surface area contributed by atoms with Crippen molar-refractivity contribution in [2.75, 3.05) is 0 Å². The zero-order valence-corrected chi connectivity index (χ0v) is 9.14. The lowest BCUT2D eigenvalue weighted by Gasteiger charge is -2.16. The molecule has 70 valence electrons. The van der Waals surface area contributed by atoms with Crippen LogP contribution in [0.2, 0.25) is 19.6 Å². The van der Waals surface area contributed by atoms with Gasteiger partial charge in [0.1, 0.15) is 5.78 Å². The Labute approximate surface area is 74.2 Å². The molecule has 3 nitrogen and oxygen atoms in total. The lowest BCUT2D eigenvalue weighted by atomic mass is 10.2. The van der Waals surface area contributed by atoms with Gasteiger partial charge in [-0.3, -0.25) is 4.79 Å². The molecular formula is C8H16O3Si. The summed E-state index contributed by atoms with van der Waals surface area (Å²) in [5, 5.41) is 0. The highest BCUT2D eigenvalue weighted by Crippen LogP contribution is 2.05. The number of hydrogen-bond donors (Lipinski definition) is 0. The van der Waals surface area contributed by atoms with Crippen LogP contribution in [0.15, 0.2) is 0 Å². The van der Waals surface area contributed by atoms with E-state index in [-0.39, 0.29) is 18.2 Å². The second-order valence-corrected chi connectivity index (χ2v) is 8.22. The van der Waals surface area contributed by atoms with Gasteiger partial charge >= 0.3 is 0 Å². The molecule has 0 bridgehead atoms. The summed E-state index contributed by atoms with van der Waals surface area (Å²) in [5.74, 6) is -0.216. The summed E-state index contributed by atoms with van der Waals surface area (Å²) in [7, 11) is -1.75. The van der Waals surface area contributed by atoms with Crippen LogP contribution < -0.4 is 0 Å². The van der Waals surface area contributed by atoms with Crippen molar-refractivity contribution in [2.24, 2.45) is 0 Å². The van der Waals surface area contributed by atoms with Gasteiger partial charge in [0.25, 0.3) is 5.97 Å². The average Bonchev–Trinajstić information content (AvgIpc) is 1.79. The van der Waals surface area contributed by atoms with Crippen LogP contribution in [0, 0.1) is 0 Å². The van der Waals surface area contributed by atoms with Crippen LogP contribution in [-0.2, 0) is 14.0 Å². The second kappa shape index (κ2) is 4.40. The van der Waals surface area contributed by atoms with Crippen molar-refractivity contribution in [3.63, 3.8) is 0 Å². The highest BCUT2D eigenvalue weighted by atomic mass is 28.4. The van der Waals surface area contributed by atoms with Gasteiger partial charge in [-0.25, -0.2) is 0 Å². The molecule has 0 aliphatic heterocycles. The van der Waals surface area contributed by atoms with Gasteiger partial charge in [0, 0.05) is 6.42 Å². The van der Waals surface area contributed by atoms with Crippen molar-refractivity contribution in [1.29, 1.82) is 0 Å². The molecule has 0 atom stereocenters. The second-order valence-electron chi connectivity index (χ2n) is 3.79. The van der Waals surface area contributed by atoms with Gasteiger partial charge in [0.2, 0.25) is 8.32 Å². The summed E-state index contributed by atoms with van der Waals surface area (Å²) in [6.07, 6.45) is 0.517. The SMILES string of the molecule is CC(=O)CCC(=O)O[Si](C)(C)C. The van der Waals surface area contributed by atoms with Gasteiger partial charge in [-0.1, -0.05) is 0 Å². The van der Waals surface area contributed by atoms with Gasteiger partial charge in [0.15, 0.2) is 0 Å². The van der Waals surface area contributed by atoms with Gasteiger partial charge < -0.3 is 9.22 Å². The quantitative estimate of drug-likeness (QED) is 0.631. The molecule has 0 aliphatic carbocycles. The highest BCUT2D eigenvalue weighted by molar-refractivity contribution is 6.71. The molecule has 0 N–H and O–H groups in total. The van der Waals surface area contributed by atoms with Crippen LogP contribution in [0.4, 0.5) is 0 Å². The van der Waals surface area contributed by atoms with Crippen LogP contribution in [-0.4, -0.2) is 20.1 Å². The normalized spacial score (nSPS) is 11.0. The first-order valence-electron chi connectivity index (χ1n) is 4.02. The average molecular weight is 188 g/mol. The molecule has 0 spiro atoms. The molecule has 0 aromatic rings. The van der Waals surface area contributed by atoms with E-state index in [0.717, 1.165) is 0 Å². The Balaban J connectivity index is 3.68. The van der Waals surface area contributed by atoms with Gasteiger partial charge in [0.05, 0.1) is 6.42 Å². The number of rotatable bonds is 4. The Morgan fingerprint density at radius 1 is 1.17 bits per heavy atom. The van der Waals surface area contributed by atoms with Crippen molar-refractivity contribution in [1.82, 2.24) is 0 Å². The molecule has 0 unspecified atom stereocenters. The van der Waals surface area contributed by atoms with Crippen LogP contribution in [0.3, 0.4) is 0 Å². The maximum absolute atomic E-state index is 11.0. The fourth-order valence-electron chi connectivity index (χ4n) is 0.671. The van der Waals surface area contributed by atoms with Crippen molar-refractivity contribution < 1.29 is 14.0 Å². The van der Waals surface area contributed by atoms with Gasteiger partial charge in [-0.2, -0.15) is 0 Å². The molecule has 0 rings (SSSR count). The maximum atomic E-state index is 11.0. The standard InChI is InChI=1S/C8H16O3Si/c1-7(9)5-6-8(10)11-12(2,3)4/h5-6H2,1-4H3. The Morgan fingerprint density at radius 3 is 2.00 bits per heavy atom. The minimum absolute atomic E-state index is 0.0301. The number of hydrogen-bond acceptors (Lipinski definition) is 3. The number of Topliss-reactive ketones (excluding diaryl/α,β-unsaturated/α-hetero) is 1. The van der Waals surface area contributed by atoms with E-state index in [1.165, 1.54) is 6.92 Å². The van der Waals surface area contributed by atoms with E-state index in [1.54, 1.807) is 0 Å². The van der Waals surface area contributed by atoms with E-state index in [9.17, 15) is 9.59 Å². The summed E-state index contributed by atoms with van der Waals surface area (Å²) in [6.45, 7) is 7.30. The summed E-state index contributed by atoms with van der Waals surface area (Å²) in [6, 6.07) is 0. The van der Waals surface area contributed by atoms with E-state index in [1.807, 2.05) is 19.6 Å². The lowest BCUT2D eigenvalue weighted by Crippen LogP contribution is -2.29. The maximum Gasteiger partial charge on any atom is 0.292 e. The van der Waals surface area contributed by atoms with Crippen molar-refractivity contribution in [2.45, 2.75) is 39.4 Å². The fraction of sp³-hybridized carbons (Fsp3) is 0.750. The smallest absolute Gasteiger partial charge is 0.292 e. The molecule has 0 saturated heterocycles. The third kappa shape index (κ3) is 7.46. The first kappa shape index (κ1) is 11.4. The molecule has 0 aromatic carbocycles. The van der Waals surface area contributed by atoms with E-state index in [0.29, 0.717) is 6.42 Å². The molecule has 0 saturated carbocycles. The predicted molar refractivity (Wildman–Crippen MR) is 49.4 cm³/mol.